The summed E-state index contributed by atoms with van der Waals surface area (Å²) in [5.74, 6) is 0. The van der Waals surface area contributed by atoms with Crippen LogP contribution >= 0.6 is 26.5 Å². The number of hydrogen-bond acceptors (Lipinski definition) is 0. The minimum atomic E-state index is -0.556. The van der Waals surface area contributed by atoms with E-state index in [0.29, 0.717) is 0 Å². The molecular formula is C27H25Cl2PTi-2. The Morgan fingerprint density at radius 1 is 0.742 bits per heavy atom. The van der Waals surface area contributed by atoms with Crippen molar-refractivity contribution >= 4 is 53.4 Å². The van der Waals surface area contributed by atoms with E-state index < -0.39 is 17.0 Å². The van der Waals surface area contributed by atoms with Crippen molar-refractivity contribution in [3.8, 4) is 11.1 Å². The van der Waals surface area contributed by atoms with Gasteiger partial charge >= 0.3 is 35.6 Å². The molecule has 5 aromatic rings. The molecule has 0 unspecified atom stereocenters. The molecule has 5 rings (SSSR count). The van der Waals surface area contributed by atoms with Crippen molar-refractivity contribution in [2.75, 3.05) is 13.3 Å². The van der Waals surface area contributed by atoms with E-state index in [1.165, 1.54) is 43.5 Å². The summed E-state index contributed by atoms with van der Waals surface area (Å²) in [6.07, 6.45) is 0. The van der Waals surface area contributed by atoms with Crippen LogP contribution in [0.3, 0.4) is 0 Å². The van der Waals surface area contributed by atoms with Crippen molar-refractivity contribution in [3.05, 3.63) is 103 Å². The van der Waals surface area contributed by atoms with Gasteiger partial charge in [-0.3, -0.25) is 0 Å². The fourth-order valence-electron chi connectivity index (χ4n) is 3.65. The predicted octanol–water partition coefficient (Wildman–Crippen LogP) is 8.84. The van der Waals surface area contributed by atoms with Crippen molar-refractivity contribution in [3.63, 3.8) is 0 Å². The Bertz CT molecular complexity index is 1190. The molecule has 0 radical (unpaired) electrons. The fourth-order valence-corrected chi connectivity index (χ4v) is 4.44. The monoisotopic (exact) mass is 498 g/mol. The molecule has 0 saturated heterocycles. The van der Waals surface area contributed by atoms with Crippen molar-refractivity contribution in [2.45, 2.75) is 6.92 Å². The first-order valence-electron chi connectivity index (χ1n) is 10.0. The molecule has 0 nitrogen and oxygen atoms in total. The Labute approximate surface area is 203 Å². The predicted molar refractivity (Wildman–Crippen MR) is 139 cm³/mol. The summed E-state index contributed by atoms with van der Waals surface area (Å²) in [5, 5.41) is 6.95. The second-order valence-electron chi connectivity index (χ2n) is 7.52. The SMILES string of the molecule is CP(C)c1cc2ccccc2[cH-]1.Cc1cc2c(-c3ccccc3)cccc2[cH-]1.[Cl][Ti][Cl]. The third-order valence-corrected chi connectivity index (χ3v) is 6.39. The third kappa shape index (κ3) is 6.55. The molecule has 31 heavy (non-hydrogen) atoms. The van der Waals surface area contributed by atoms with Gasteiger partial charge in [0.15, 0.2) is 0 Å². The second kappa shape index (κ2) is 12.0. The number of fused-ring (bicyclic) bond motifs is 2. The van der Waals surface area contributed by atoms with E-state index in [1.807, 2.05) is 0 Å². The summed E-state index contributed by atoms with van der Waals surface area (Å²) < 4.78 is 0. The van der Waals surface area contributed by atoms with Crippen LogP contribution in [0.2, 0.25) is 0 Å². The van der Waals surface area contributed by atoms with E-state index in [2.05, 4.69) is 117 Å². The molecule has 0 spiro atoms. The van der Waals surface area contributed by atoms with E-state index in [4.69, 9.17) is 18.6 Å². The molecule has 0 aromatic heterocycles. The van der Waals surface area contributed by atoms with Crippen LogP contribution in [0.5, 0.6) is 0 Å². The first-order valence-corrected chi connectivity index (χ1v) is 16.6. The van der Waals surface area contributed by atoms with Crippen molar-refractivity contribution in [1.82, 2.24) is 0 Å². The van der Waals surface area contributed by atoms with Crippen LogP contribution in [0, 0.1) is 6.92 Å². The molecule has 158 valence electrons. The Kier molecular flexibility index (Phi) is 9.39. The van der Waals surface area contributed by atoms with Gasteiger partial charge in [-0.15, -0.1) is 82.8 Å². The number of rotatable bonds is 2. The summed E-state index contributed by atoms with van der Waals surface area (Å²) in [6.45, 7) is 6.74. The van der Waals surface area contributed by atoms with E-state index in [1.54, 1.807) is 0 Å². The molecule has 0 aliphatic rings. The normalized spacial score (nSPS) is 10.4. The second-order valence-corrected chi connectivity index (χ2v) is 12.4. The minimum absolute atomic E-state index is 0.0576. The van der Waals surface area contributed by atoms with Gasteiger partial charge in [-0.05, 0) is 18.9 Å². The maximum atomic E-state index is 4.89. The van der Waals surface area contributed by atoms with Crippen LogP contribution in [0.25, 0.3) is 32.7 Å². The quantitative estimate of drug-likeness (QED) is 0.129. The zero-order valence-corrected chi connectivity index (χ0v) is 21.9. The molecule has 0 heterocycles. The van der Waals surface area contributed by atoms with Crippen LogP contribution in [0.4, 0.5) is 0 Å². The standard InChI is InChI=1S/C16H13.C11H12P.2ClH.Ti/c1-12-10-14-8-5-9-15(16(14)11-12)13-6-3-2-4-7-13;1-12(2)11-7-9-5-3-4-6-10(9)8-11;;;/h2-11H,1H3;3-8H,1-2H3;2*1H;/q2*-1;;;+2/p-2. The number of benzene rings is 3. The fraction of sp³-hybridized carbons (Fsp3) is 0.111. The molecule has 0 aliphatic carbocycles. The number of aryl methyl sites for hydroxylation is 1. The summed E-state index contributed by atoms with van der Waals surface area (Å²) in [6, 6.07) is 34.7. The van der Waals surface area contributed by atoms with Crippen molar-refractivity contribution < 1.29 is 17.0 Å². The van der Waals surface area contributed by atoms with Gasteiger partial charge in [-0.1, -0.05) is 55.0 Å². The molecule has 0 atom stereocenters. The summed E-state index contributed by atoms with van der Waals surface area (Å²) in [7, 11) is 9.84. The molecule has 0 amide bonds. The molecule has 0 bridgehead atoms. The van der Waals surface area contributed by atoms with Gasteiger partial charge in [0.1, 0.15) is 0 Å². The van der Waals surface area contributed by atoms with Crippen LogP contribution < -0.4 is 5.30 Å². The van der Waals surface area contributed by atoms with Gasteiger partial charge in [0, 0.05) is 0 Å². The summed E-state index contributed by atoms with van der Waals surface area (Å²) >= 11 is -0.556. The number of halogens is 2. The van der Waals surface area contributed by atoms with Gasteiger partial charge in [0.05, 0.1) is 0 Å². The van der Waals surface area contributed by atoms with Gasteiger partial charge in [-0.25, -0.2) is 0 Å². The zero-order chi connectivity index (χ0) is 22.2. The van der Waals surface area contributed by atoms with Gasteiger partial charge in [0.2, 0.25) is 0 Å². The molecule has 0 fully saturated rings. The summed E-state index contributed by atoms with van der Waals surface area (Å²) in [4.78, 5) is 0. The first-order chi connectivity index (χ1) is 15.0. The zero-order valence-electron chi connectivity index (χ0n) is 17.9. The van der Waals surface area contributed by atoms with E-state index >= 15 is 0 Å². The first kappa shape index (κ1) is 24.3. The Morgan fingerprint density at radius 2 is 1.39 bits per heavy atom. The van der Waals surface area contributed by atoms with E-state index in [0.717, 1.165) is 0 Å². The van der Waals surface area contributed by atoms with Gasteiger partial charge in [-0.2, -0.15) is 12.1 Å². The van der Waals surface area contributed by atoms with Crippen LogP contribution in [-0.4, -0.2) is 13.3 Å². The van der Waals surface area contributed by atoms with Crippen molar-refractivity contribution in [2.24, 2.45) is 0 Å². The average Bonchev–Trinajstić information content (AvgIpc) is 3.38. The molecule has 0 aliphatic heterocycles. The summed E-state index contributed by atoms with van der Waals surface area (Å²) in [5.41, 5.74) is 3.95. The molecule has 0 N–H and O–H groups in total. The van der Waals surface area contributed by atoms with Gasteiger partial charge in [0.25, 0.3) is 0 Å². The Hall–Kier alpha value is -1.40. The van der Waals surface area contributed by atoms with Crippen LogP contribution in [0.1, 0.15) is 5.56 Å². The van der Waals surface area contributed by atoms with E-state index in [-0.39, 0.29) is 7.92 Å². The van der Waals surface area contributed by atoms with Gasteiger partial charge < -0.3 is 0 Å². The molecule has 4 heteroatoms. The molecule has 0 saturated carbocycles. The maximum absolute atomic E-state index is 4.89. The van der Waals surface area contributed by atoms with Crippen LogP contribution in [-0.2, 0) is 17.0 Å². The topological polar surface area (TPSA) is 0 Å². The van der Waals surface area contributed by atoms with Crippen molar-refractivity contribution in [1.29, 1.82) is 0 Å². The van der Waals surface area contributed by atoms with E-state index in [9.17, 15) is 0 Å². The average molecular weight is 499 g/mol. The molecular weight excluding hydrogens is 474 g/mol. The number of hydrogen-bond donors (Lipinski definition) is 0. The Balaban J connectivity index is 0.000000161. The third-order valence-electron chi connectivity index (χ3n) is 5.10. The molecule has 5 aromatic carbocycles. The van der Waals surface area contributed by atoms with Crippen LogP contribution in [0.15, 0.2) is 97.1 Å². The Morgan fingerprint density at radius 3 is 2.06 bits per heavy atom.